The molecular weight excluding hydrogens is 391 g/mol. The van der Waals surface area contributed by atoms with E-state index in [1.165, 1.54) is 24.3 Å². The molecule has 8 heteroatoms. The van der Waals surface area contributed by atoms with Gasteiger partial charge in [-0.25, -0.2) is 14.2 Å². The zero-order valence-electron chi connectivity index (χ0n) is 12.7. The van der Waals surface area contributed by atoms with Crippen LogP contribution in [0.4, 0.5) is 27.5 Å². The minimum absolute atomic E-state index is 0.190. The molecule has 3 rings (SSSR count). The normalized spacial score (nSPS) is 10.3. The van der Waals surface area contributed by atoms with Gasteiger partial charge in [-0.05, 0) is 58.4 Å². The van der Waals surface area contributed by atoms with E-state index < -0.39 is 5.97 Å². The highest BCUT2D eigenvalue weighted by Gasteiger charge is 2.07. The van der Waals surface area contributed by atoms with Gasteiger partial charge in [-0.3, -0.25) is 0 Å². The molecule has 3 N–H and O–H groups in total. The summed E-state index contributed by atoms with van der Waals surface area (Å²) in [4.78, 5) is 19.3. The Labute approximate surface area is 150 Å². The third-order valence-corrected chi connectivity index (χ3v) is 3.80. The van der Waals surface area contributed by atoms with Gasteiger partial charge < -0.3 is 15.7 Å². The maximum Gasteiger partial charge on any atom is 0.335 e. The van der Waals surface area contributed by atoms with Crippen molar-refractivity contribution in [3.8, 4) is 0 Å². The van der Waals surface area contributed by atoms with Crippen molar-refractivity contribution < 1.29 is 14.3 Å². The third-order valence-electron chi connectivity index (χ3n) is 3.22. The largest absolute Gasteiger partial charge is 0.478 e. The average molecular weight is 403 g/mol. The van der Waals surface area contributed by atoms with Crippen LogP contribution in [0, 0.1) is 5.82 Å². The second kappa shape index (κ2) is 7.27. The van der Waals surface area contributed by atoms with Crippen LogP contribution in [-0.2, 0) is 0 Å². The first-order valence-electron chi connectivity index (χ1n) is 7.17. The summed E-state index contributed by atoms with van der Waals surface area (Å²) in [5.74, 6) is -0.574. The fourth-order valence-corrected chi connectivity index (χ4v) is 2.33. The molecule has 0 unspecified atom stereocenters. The number of carbonyl (C=O) groups is 1. The fraction of sp³-hybridized carbons (Fsp3) is 0. The SMILES string of the molecule is O=C(O)c1ccc(Nc2ncc(Br)c(Nc3cccc(F)c3)n2)cc1. The van der Waals surface area contributed by atoms with Crippen molar-refractivity contribution >= 4 is 45.0 Å². The second-order valence-electron chi connectivity index (χ2n) is 5.03. The summed E-state index contributed by atoms with van der Waals surface area (Å²) in [5, 5.41) is 14.9. The number of nitrogens with zero attached hydrogens (tertiary/aromatic N) is 2. The highest BCUT2D eigenvalue weighted by molar-refractivity contribution is 9.10. The summed E-state index contributed by atoms with van der Waals surface area (Å²) < 4.78 is 13.9. The molecule has 25 heavy (non-hydrogen) atoms. The predicted octanol–water partition coefficient (Wildman–Crippen LogP) is 4.56. The van der Waals surface area contributed by atoms with Crippen LogP contribution in [0.1, 0.15) is 10.4 Å². The lowest BCUT2D eigenvalue weighted by Crippen LogP contribution is -2.02. The number of rotatable bonds is 5. The first-order valence-corrected chi connectivity index (χ1v) is 7.96. The number of nitrogens with one attached hydrogen (secondary N) is 2. The smallest absolute Gasteiger partial charge is 0.335 e. The van der Waals surface area contributed by atoms with Crippen molar-refractivity contribution in [1.82, 2.24) is 9.97 Å². The zero-order valence-corrected chi connectivity index (χ0v) is 14.3. The Morgan fingerprint density at radius 2 is 1.84 bits per heavy atom. The van der Waals surface area contributed by atoms with Gasteiger partial charge >= 0.3 is 5.97 Å². The van der Waals surface area contributed by atoms with E-state index in [0.717, 1.165) is 0 Å². The van der Waals surface area contributed by atoms with Gasteiger partial charge in [0.1, 0.15) is 11.6 Å². The lowest BCUT2D eigenvalue weighted by Gasteiger charge is -2.10. The number of aromatic carboxylic acids is 1. The van der Waals surface area contributed by atoms with Crippen LogP contribution in [0.5, 0.6) is 0 Å². The molecule has 0 radical (unpaired) electrons. The van der Waals surface area contributed by atoms with Gasteiger partial charge in [-0.1, -0.05) is 6.07 Å². The number of benzene rings is 2. The molecule has 0 saturated carbocycles. The van der Waals surface area contributed by atoms with E-state index in [2.05, 4.69) is 36.5 Å². The first-order chi connectivity index (χ1) is 12.0. The van der Waals surface area contributed by atoms with Crippen LogP contribution in [0.3, 0.4) is 0 Å². The molecule has 0 atom stereocenters. The predicted molar refractivity (Wildman–Crippen MR) is 96.1 cm³/mol. The molecule has 6 nitrogen and oxygen atoms in total. The maximum absolute atomic E-state index is 13.3. The number of halogens is 2. The number of anilines is 4. The van der Waals surface area contributed by atoms with E-state index in [-0.39, 0.29) is 11.4 Å². The minimum Gasteiger partial charge on any atom is -0.478 e. The van der Waals surface area contributed by atoms with E-state index in [4.69, 9.17) is 5.11 Å². The molecule has 2 aromatic carbocycles. The van der Waals surface area contributed by atoms with Gasteiger partial charge in [0.2, 0.25) is 5.95 Å². The van der Waals surface area contributed by atoms with Gasteiger partial charge in [0.25, 0.3) is 0 Å². The highest BCUT2D eigenvalue weighted by Crippen LogP contribution is 2.25. The minimum atomic E-state index is -0.993. The fourth-order valence-electron chi connectivity index (χ4n) is 2.04. The number of hydrogen-bond acceptors (Lipinski definition) is 5. The number of carboxylic acid groups (broad SMARTS) is 1. The summed E-state index contributed by atoms with van der Waals surface area (Å²) in [7, 11) is 0. The average Bonchev–Trinajstić information content (AvgIpc) is 2.58. The quantitative estimate of drug-likeness (QED) is 0.579. The van der Waals surface area contributed by atoms with E-state index in [1.54, 1.807) is 30.5 Å². The van der Waals surface area contributed by atoms with Gasteiger partial charge in [0, 0.05) is 17.6 Å². The summed E-state index contributed by atoms with van der Waals surface area (Å²) in [6.07, 6.45) is 1.56. The van der Waals surface area contributed by atoms with Gasteiger partial charge in [-0.2, -0.15) is 4.98 Å². The third kappa shape index (κ3) is 4.30. The topological polar surface area (TPSA) is 87.1 Å². The summed E-state index contributed by atoms with van der Waals surface area (Å²) in [6.45, 7) is 0. The second-order valence-corrected chi connectivity index (χ2v) is 5.89. The monoisotopic (exact) mass is 402 g/mol. The Morgan fingerprint density at radius 1 is 1.08 bits per heavy atom. The van der Waals surface area contributed by atoms with Crippen molar-refractivity contribution in [2.24, 2.45) is 0 Å². The van der Waals surface area contributed by atoms with Crippen molar-refractivity contribution in [3.63, 3.8) is 0 Å². The molecule has 0 amide bonds. The molecule has 1 heterocycles. The van der Waals surface area contributed by atoms with Gasteiger partial charge in [0.05, 0.1) is 10.0 Å². The first kappa shape index (κ1) is 16.8. The Hall–Kier alpha value is -3.00. The Bertz CT molecular complexity index is 919. The van der Waals surface area contributed by atoms with Crippen LogP contribution in [0.15, 0.2) is 59.2 Å². The molecule has 0 saturated heterocycles. The molecular formula is C17H12BrFN4O2. The molecule has 0 aliphatic rings. The molecule has 0 aliphatic carbocycles. The van der Waals surface area contributed by atoms with Crippen LogP contribution in [-0.4, -0.2) is 21.0 Å². The Kier molecular flexibility index (Phi) is 4.90. The van der Waals surface area contributed by atoms with E-state index >= 15 is 0 Å². The maximum atomic E-state index is 13.3. The lowest BCUT2D eigenvalue weighted by atomic mass is 10.2. The zero-order chi connectivity index (χ0) is 17.8. The van der Waals surface area contributed by atoms with Gasteiger partial charge in [0.15, 0.2) is 0 Å². The van der Waals surface area contributed by atoms with Crippen molar-refractivity contribution in [3.05, 3.63) is 70.6 Å². The molecule has 126 valence electrons. The van der Waals surface area contributed by atoms with E-state index in [0.29, 0.717) is 27.6 Å². The Balaban J connectivity index is 1.80. The van der Waals surface area contributed by atoms with E-state index in [9.17, 15) is 9.18 Å². The summed E-state index contributed by atoms with van der Waals surface area (Å²) in [5.41, 5.74) is 1.39. The molecule has 1 aromatic heterocycles. The van der Waals surface area contributed by atoms with Gasteiger partial charge in [-0.15, -0.1) is 0 Å². The molecule has 3 aromatic rings. The van der Waals surface area contributed by atoms with Crippen LogP contribution in [0.25, 0.3) is 0 Å². The Morgan fingerprint density at radius 3 is 2.52 bits per heavy atom. The molecule has 0 bridgehead atoms. The van der Waals surface area contributed by atoms with Crippen LogP contribution < -0.4 is 10.6 Å². The van der Waals surface area contributed by atoms with Crippen molar-refractivity contribution in [1.29, 1.82) is 0 Å². The van der Waals surface area contributed by atoms with Crippen LogP contribution in [0.2, 0.25) is 0 Å². The highest BCUT2D eigenvalue weighted by atomic mass is 79.9. The molecule has 0 aliphatic heterocycles. The number of aromatic nitrogens is 2. The number of carboxylic acids is 1. The molecule has 0 spiro atoms. The van der Waals surface area contributed by atoms with Crippen molar-refractivity contribution in [2.75, 3.05) is 10.6 Å². The molecule has 0 fully saturated rings. The standard InChI is InChI=1S/C17H12BrFN4O2/c18-14-9-20-17(22-12-6-4-10(5-7-12)16(24)25)23-15(14)21-13-3-1-2-11(19)8-13/h1-9H,(H,24,25)(H2,20,21,22,23). The summed E-state index contributed by atoms with van der Waals surface area (Å²) >= 11 is 3.34. The van der Waals surface area contributed by atoms with Crippen molar-refractivity contribution in [2.45, 2.75) is 0 Å². The summed E-state index contributed by atoms with van der Waals surface area (Å²) in [6, 6.07) is 12.2. The lowest BCUT2D eigenvalue weighted by molar-refractivity contribution is 0.0697. The number of hydrogen-bond donors (Lipinski definition) is 3. The van der Waals surface area contributed by atoms with Crippen LogP contribution >= 0.6 is 15.9 Å². The van der Waals surface area contributed by atoms with E-state index in [1.807, 2.05) is 0 Å².